The number of ether oxygens (including phenoxy) is 1. The molecule has 144 valence electrons. The van der Waals surface area contributed by atoms with Gasteiger partial charge in [0.25, 0.3) is 0 Å². The third-order valence-corrected chi connectivity index (χ3v) is 4.69. The van der Waals surface area contributed by atoms with Gasteiger partial charge >= 0.3 is 5.97 Å². The molecule has 0 fully saturated rings. The molecule has 0 aliphatic heterocycles. The van der Waals surface area contributed by atoms with Crippen molar-refractivity contribution >= 4 is 12.3 Å². The summed E-state index contributed by atoms with van der Waals surface area (Å²) in [5, 5.41) is 0. The number of carbonyl (C=O) groups is 2. The molecule has 0 radical (unpaired) electrons. The average Bonchev–Trinajstić information content (AvgIpc) is 2.68. The van der Waals surface area contributed by atoms with Gasteiger partial charge in [-0.15, -0.1) is 0 Å². The lowest BCUT2D eigenvalue weighted by atomic mass is 9.95. The second-order valence-electron chi connectivity index (χ2n) is 6.92. The molecule has 0 amide bonds. The summed E-state index contributed by atoms with van der Waals surface area (Å²) in [6, 6.07) is 9.84. The molecule has 1 rings (SSSR count). The molecule has 0 unspecified atom stereocenters. The van der Waals surface area contributed by atoms with Gasteiger partial charge in [0.05, 0.1) is 13.0 Å². The van der Waals surface area contributed by atoms with Crippen molar-refractivity contribution in [1.29, 1.82) is 0 Å². The maximum atomic E-state index is 12.1. The number of aldehydes is 1. The number of allylic oxidation sites excluding steroid dienone is 1. The minimum atomic E-state index is -0.330. The molecule has 0 N–H and O–H groups in total. The largest absolute Gasteiger partial charge is 0.469 e. The third kappa shape index (κ3) is 9.55. The lowest BCUT2D eigenvalue weighted by Gasteiger charge is -2.12. The highest BCUT2D eigenvalue weighted by Gasteiger charge is 2.17. The van der Waals surface area contributed by atoms with Crippen LogP contribution in [0.25, 0.3) is 0 Å². The molecule has 0 aliphatic rings. The molecule has 0 aliphatic carbocycles. The fraction of sp³-hybridized carbons (Fsp3) is 0.565. The fourth-order valence-corrected chi connectivity index (χ4v) is 3.15. The molecule has 1 atom stereocenters. The summed E-state index contributed by atoms with van der Waals surface area (Å²) in [5.74, 6) is -0.579. The van der Waals surface area contributed by atoms with Crippen molar-refractivity contribution in [3.05, 3.63) is 47.5 Å². The molecule has 0 saturated carbocycles. The van der Waals surface area contributed by atoms with Gasteiger partial charge in [0, 0.05) is 6.42 Å². The first-order chi connectivity index (χ1) is 12.7. The van der Waals surface area contributed by atoms with Crippen LogP contribution in [0.2, 0.25) is 0 Å². The van der Waals surface area contributed by atoms with Crippen LogP contribution in [-0.2, 0) is 20.7 Å². The van der Waals surface area contributed by atoms with Crippen LogP contribution in [0.1, 0.15) is 70.3 Å². The highest BCUT2D eigenvalue weighted by molar-refractivity contribution is 5.79. The van der Waals surface area contributed by atoms with E-state index >= 15 is 0 Å². The monoisotopic (exact) mass is 358 g/mol. The number of carbonyl (C=O) groups excluding carboxylic acids is 2. The van der Waals surface area contributed by atoms with E-state index in [0.29, 0.717) is 12.0 Å². The van der Waals surface area contributed by atoms with Gasteiger partial charge in [0.2, 0.25) is 0 Å². The summed E-state index contributed by atoms with van der Waals surface area (Å²) in [4.78, 5) is 23.5. The summed E-state index contributed by atoms with van der Waals surface area (Å²) >= 11 is 0. The van der Waals surface area contributed by atoms with Crippen molar-refractivity contribution in [3.8, 4) is 0 Å². The second-order valence-corrected chi connectivity index (χ2v) is 6.92. The first-order valence-electron chi connectivity index (χ1n) is 9.98. The lowest BCUT2D eigenvalue weighted by Crippen LogP contribution is -2.15. The van der Waals surface area contributed by atoms with Crippen molar-refractivity contribution in [2.45, 2.75) is 71.1 Å². The van der Waals surface area contributed by atoms with Crippen molar-refractivity contribution < 1.29 is 14.3 Å². The van der Waals surface area contributed by atoms with Crippen molar-refractivity contribution in [2.24, 2.45) is 5.92 Å². The van der Waals surface area contributed by atoms with E-state index in [1.54, 1.807) is 6.08 Å². The van der Waals surface area contributed by atoms with Crippen LogP contribution >= 0.6 is 0 Å². The predicted molar refractivity (Wildman–Crippen MR) is 107 cm³/mol. The molecular formula is C23H34O3. The Kier molecular flexibility index (Phi) is 12.2. The molecule has 1 aromatic rings. The lowest BCUT2D eigenvalue weighted by molar-refractivity contribution is -0.144. The van der Waals surface area contributed by atoms with Crippen molar-refractivity contribution in [2.75, 3.05) is 7.11 Å². The number of benzene rings is 1. The molecule has 0 heterocycles. The molecule has 0 spiro atoms. The molecule has 0 bridgehead atoms. The highest BCUT2D eigenvalue weighted by atomic mass is 16.5. The Morgan fingerprint density at radius 2 is 1.62 bits per heavy atom. The van der Waals surface area contributed by atoms with E-state index in [0.717, 1.165) is 31.1 Å². The Balaban J connectivity index is 2.48. The number of hydrogen-bond donors (Lipinski definition) is 0. The normalized spacial score (nSPS) is 12.6. The van der Waals surface area contributed by atoms with Crippen LogP contribution in [0.15, 0.2) is 42.0 Å². The maximum absolute atomic E-state index is 12.1. The summed E-state index contributed by atoms with van der Waals surface area (Å²) in [7, 11) is 1.41. The average molecular weight is 359 g/mol. The van der Waals surface area contributed by atoms with E-state index in [1.807, 2.05) is 30.3 Å². The summed E-state index contributed by atoms with van der Waals surface area (Å²) in [5.41, 5.74) is 1.72. The number of unbranched alkanes of at least 4 members (excludes halogenated alkanes) is 7. The zero-order valence-corrected chi connectivity index (χ0v) is 16.4. The Hall–Kier alpha value is -1.90. The van der Waals surface area contributed by atoms with Gasteiger partial charge in [-0.25, -0.2) is 0 Å². The molecule has 0 saturated heterocycles. The SMILES string of the molecule is CCCCCCCCCC[C@H](/C=C(\C=O)Cc1ccccc1)C(=O)OC. The standard InChI is InChI=1S/C23H34O3/c1-3-4-5-6-7-8-9-13-16-22(23(25)26-2)18-21(19-24)17-20-14-11-10-12-15-20/h10-12,14-15,18-19,22H,3-9,13,16-17H2,1-2H3/b21-18-/t22-/m1/s1. The molecule has 3 heteroatoms. The first kappa shape index (κ1) is 22.1. The van der Waals surface area contributed by atoms with Crippen molar-refractivity contribution in [3.63, 3.8) is 0 Å². The van der Waals surface area contributed by atoms with Crippen LogP contribution in [0, 0.1) is 5.92 Å². The fourth-order valence-electron chi connectivity index (χ4n) is 3.15. The minimum Gasteiger partial charge on any atom is -0.469 e. The Morgan fingerprint density at radius 1 is 1.00 bits per heavy atom. The molecular weight excluding hydrogens is 324 g/mol. The van der Waals surface area contributed by atoms with Gasteiger partial charge in [-0.1, -0.05) is 94.7 Å². The number of hydrogen-bond acceptors (Lipinski definition) is 3. The van der Waals surface area contributed by atoms with Gasteiger partial charge in [-0.05, 0) is 17.6 Å². The molecule has 26 heavy (non-hydrogen) atoms. The minimum absolute atomic E-state index is 0.250. The van der Waals surface area contributed by atoms with Crippen LogP contribution in [-0.4, -0.2) is 19.4 Å². The van der Waals surface area contributed by atoms with Gasteiger partial charge in [0.1, 0.15) is 6.29 Å². The summed E-state index contributed by atoms with van der Waals surface area (Å²) in [6.07, 6.45) is 13.8. The van der Waals surface area contributed by atoms with E-state index in [-0.39, 0.29) is 11.9 Å². The van der Waals surface area contributed by atoms with Crippen LogP contribution in [0.5, 0.6) is 0 Å². The van der Waals surface area contributed by atoms with E-state index < -0.39 is 0 Å². The molecule has 3 nitrogen and oxygen atoms in total. The van der Waals surface area contributed by atoms with Gasteiger partial charge in [0.15, 0.2) is 0 Å². The zero-order chi connectivity index (χ0) is 19.0. The summed E-state index contributed by atoms with van der Waals surface area (Å²) < 4.78 is 4.93. The van der Waals surface area contributed by atoms with E-state index in [4.69, 9.17) is 4.74 Å². The van der Waals surface area contributed by atoms with E-state index in [2.05, 4.69) is 6.92 Å². The maximum Gasteiger partial charge on any atom is 0.312 e. The zero-order valence-electron chi connectivity index (χ0n) is 16.4. The number of esters is 1. The number of methoxy groups -OCH3 is 1. The molecule has 1 aromatic carbocycles. The van der Waals surface area contributed by atoms with Crippen LogP contribution in [0.4, 0.5) is 0 Å². The first-order valence-corrected chi connectivity index (χ1v) is 9.98. The van der Waals surface area contributed by atoms with E-state index in [1.165, 1.54) is 45.6 Å². The molecule has 0 aromatic heterocycles. The number of rotatable bonds is 14. The smallest absolute Gasteiger partial charge is 0.312 e. The third-order valence-electron chi connectivity index (χ3n) is 4.69. The topological polar surface area (TPSA) is 43.4 Å². The van der Waals surface area contributed by atoms with E-state index in [9.17, 15) is 9.59 Å². The Morgan fingerprint density at radius 3 is 2.19 bits per heavy atom. The van der Waals surface area contributed by atoms with Crippen LogP contribution in [0.3, 0.4) is 0 Å². The van der Waals surface area contributed by atoms with Crippen LogP contribution < -0.4 is 0 Å². The van der Waals surface area contributed by atoms with Gasteiger partial charge < -0.3 is 4.74 Å². The Bertz CT molecular complexity index is 534. The van der Waals surface area contributed by atoms with Gasteiger partial charge in [-0.2, -0.15) is 0 Å². The predicted octanol–water partition coefficient (Wildman–Crippen LogP) is 5.67. The van der Waals surface area contributed by atoms with Gasteiger partial charge in [-0.3, -0.25) is 9.59 Å². The highest BCUT2D eigenvalue weighted by Crippen LogP contribution is 2.18. The Labute approximate surface area is 158 Å². The summed E-state index contributed by atoms with van der Waals surface area (Å²) in [6.45, 7) is 2.23. The second kappa shape index (κ2) is 14.3. The van der Waals surface area contributed by atoms with Crippen molar-refractivity contribution in [1.82, 2.24) is 0 Å². The quantitative estimate of drug-likeness (QED) is 0.186.